The molecule has 0 saturated heterocycles. The molecule has 0 radical (unpaired) electrons. The van der Waals surface area contributed by atoms with Gasteiger partial charge in [0.25, 0.3) is 0 Å². The number of hydrogen-bond donors (Lipinski definition) is 3. The number of amides is 1. The third-order valence-corrected chi connectivity index (χ3v) is 6.48. The number of anilines is 3. The summed E-state index contributed by atoms with van der Waals surface area (Å²) in [6, 6.07) is 2.54. The fourth-order valence-corrected chi connectivity index (χ4v) is 4.62. The normalized spacial score (nSPS) is 18.6. The molecule has 0 bridgehead atoms. The van der Waals surface area contributed by atoms with E-state index in [1.54, 1.807) is 17.5 Å². The molecular weight excluding hydrogens is 424 g/mol. The molecule has 0 aliphatic heterocycles. The van der Waals surface area contributed by atoms with E-state index in [1.165, 1.54) is 6.08 Å². The Morgan fingerprint density at radius 3 is 2.81 bits per heavy atom. The molecule has 3 aromatic rings. The molecule has 0 spiro atoms. The lowest BCUT2D eigenvalue weighted by molar-refractivity contribution is -0.117. The summed E-state index contributed by atoms with van der Waals surface area (Å²) < 4.78 is 2.97. The number of nitrogens with one attached hydrogen (secondary N) is 3. The van der Waals surface area contributed by atoms with Gasteiger partial charge in [0.1, 0.15) is 5.82 Å². The highest BCUT2D eigenvalue weighted by molar-refractivity contribution is 7.17. The first kappa shape index (κ1) is 22.2. The molecule has 3 aromatic heterocycles. The third kappa shape index (κ3) is 5.63. The molecule has 10 heteroatoms. The van der Waals surface area contributed by atoms with Crippen molar-refractivity contribution in [1.82, 2.24) is 30.0 Å². The lowest BCUT2D eigenvalue weighted by atomic mass is 9.91. The number of aromatic nitrogens is 4. The number of rotatable bonds is 9. The Kier molecular flexibility index (Phi) is 7.01. The third-order valence-electron chi connectivity index (χ3n) is 5.57. The monoisotopic (exact) mass is 454 g/mol. The van der Waals surface area contributed by atoms with Crippen molar-refractivity contribution in [2.45, 2.75) is 44.3 Å². The van der Waals surface area contributed by atoms with Gasteiger partial charge in [0.05, 0.1) is 28.6 Å². The number of thiophene rings is 1. The van der Waals surface area contributed by atoms with Gasteiger partial charge in [0.2, 0.25) is 11.9 Å². The van der Waals surface area contributed by atoms with Crippen molar-refractivity contribution in [2.24, 2.45) is 0 Å². The van der Waals surface area contributed by atoms with E-state index < -0.39 is 0 Å². The van der Waals surface area contributed by atoms with E-state index in [2.05, 4.69) is 37.5 Å². The zero-order chi connectivity index (χ0) is 22.5. The van der Waals surface area contributed by atoms with Crippen LogP contribution in [0.2, 0.25) is 0 Å². The second-order valence-electron chi connectivity index (χ2n) is 8.36. The van der Waals surface area contributed by atoms with Crippen LogP contribution in [0.25, 0.3) is 10.2 Å². The van der Waals surface area contributed by atoms with E-state index in [4.69, 9.17) is 4.98 Å². The molecule has 0 unspecified atom stereocenters. The molecule has 1 aliphatic carbocycles. The van der Waals surface area contributed by atoms with Gasteiger partial charge in [-0.2, -0.15) is 10.1 Å². The number of fused-ring (bicyclic) bond motifs is 1. The van der Waals surface area contributed by atoms with Crippen molar-refractivity contribution < 1.29 is 4.79 Å². The van der Waals surface area contributed by atoms with E-state index in [0.29, 0.717) is 12.0 Å². The molecular formula is C22H30N8OS. The largest absolute Gasteiger partial charge is 0.366 e. The summed E-state index contributed by atoms with van der Waals surface area (Å²) in [6.45, 7) is 5.27. The van der Waals surface area contributed by atoms with Gasteiger partial charge in [-0.3, -0.25) is 9.48 Å². The smallest absolute Gasteiger partial charge is 0.243 e. The van der Waals surface area contributed by atoms with Crippen LogP contribution in [0.15, 0.2) is 36.5 Å². The second kappa shape index (κ2) is 10.1. The fourth-order valence-electron chi connectivity index (χ4n) is 3.83. The summed E-state index contributed by atoms with van der Waals surface area (Å²) in [5.41, 5.74) is 1.78. The highest BCUT2D eigenvalue weighted by Crippen LogP contribution is 2.30. The minimum absolute atomic E-state index is 0.0988. The van der Waals surface area contributed by atoms with Crippen molar-refractivity contribution in [3.05, 3.63) is 36.5 Å². The number of nitrogens with zero attached hydrogens (tertiary/aromatic N) is 5. The van der Waals surface area contributed by atoms with Gasteiger partial charge in [-0.05, 0) is 57.3 Å². The van der Waals surface area contributed by atoms with Gasteiger partial charge in [-0.1, -0.05) is 6.58 Å². The van der Waals surface area contributed by atoms with Crippen LogP contribution in [-0.2, 0) is 11.3 Å². The molecule has 1 aliphatic rings. The van der Waals surface area contributed by atoms with Crippen molar-refractivity contribution >= 4 is 44.9 Å². The molecule has 3 N–H and O–H groups in total. The summed E-state index contributed by atoms with van der Waals surface area (Å²) in [4.78, 5) is 23.1. The van der Waals surface area contributed by atoms with Crippen LogP contribution in [0.1, 0.15) is 25.7 Å². The molecule has 9 nitrogen and oxygen atoms in total. The van der Waals surface area contributed by atoms with Crippen LogP contribution >= 0.6 is 11.3 Å². The molecule has 1 amide bonds. The van der Waals surface area contributed by atoms with Crippen molar-refractivity contribution in [2.75, 3.05) is 31.3 Å². The minimum atomic E-state index is -0.0988. The van der Waals surface area contributed by atoms with Gasteiger partial charge in [-0.15, -0.1) is 11.3 Å². The van der Waals surface area contributed by atoms with Crippen LogP contribution in [0.3, 0.4) is 0 Å². The van der Waals surface area contributed by atoms with E-state index in [1.807, 2.05) is 36.4 Å². The summed E-state index contributed by atoms with van der Waals surface area (Å²) in [5, 5.41) is 16.4. The van der Waals surface area contributed by atoms with Crippen LogP contribution in [0.5, 0.6) is 0 Å². The number of likely N-dealkylation sites (N-methyl/N-ethyl adjacent to an activating group) is 1. The van der Waals surface area contributed by atoms with Gasteiger partial charge < -0.3 is 20.9 Å². The summed E-state index contributed by atoms with van der Waals surface area (Å²) >= 11 is 1.64. The average molecular weight is 455 g/mol. The van der Waals surface area contributed by atoms with Gasteiger partial charge in [0.15, 0.2) is 0 Å². The second-order valence-corrected chi connectivity index (χ2v) is 9.27. The van der Waals surface area contributed by atoms with Crippen molar-refractivity contribution in [1.29, 1.82) is 0 Å². The minimum Gasteiger partial charge on any atom is -0.366 e. The van der Waals surface area contributed by atoms with E-state index >= 15 is 0 Å². The molecule has 0 aromatic carbocycles. The quantitative estimate of drug-likeness (QED) is 0.427. The fraction of sp³-hybridized carbons (Fsp3) is 0.455. The zero-order valence-corrected chi connectivity index (χ0v) is 19.4. The topological polar surface area (TPSA) is 100 Å². The van der Waals surface area contributed by atoms with E-state index in [-0.39, 0.29) is 11.9 Å². The molecule has 3 heterocycles. The summed E-state index contributed by atoms with van der Waals surface area (Å²) in [6.07, 6.45) is 8.92. The first-order valence-electron chi connectivity index (χ1n) is 10.9. The van der Waals surface area contributed by atoms with E-state index in [9.17, 15) is 4.79 Å². The van der Waals surface area contributed by atoms with Crippen molar-refractivity contribution in [3.63, 3.8) is 0 Å². The van der Waals surface area contributed by atoms with Crippen molar-refractivity contribution in [3.8, 4) is 0 Å². The maximum atomic E-state index is 11.5. The Morgan fingerprint density at radius 2 is 2.06 bits per heavy atom. The first-order chi connectivity index (χ1) is 15.5. The average Bonchev–Trinajstić information content (AvgIpc) is 3.43. The maximum absolute atomic E-state index is 11.5. The highest BCUT2D eigenvalue weighted by Gasteiger charge is 2.23. The van der Waals surface area contributed by atoms with E-state index in [0.717, 1.165) is 60.5 Å². The Labute approximate surface area is 191 Å². The molecule has 170 valence electrons. The predicted octanol–water partition coefficient (Wildman–Crippen LogP) is 3.22. The highest BCUT2D eigenvalue weighted by atomic mass is 32.1. The first-order valence-corrected chi connectivity index (χ1v) is 11.8. The van der Waals surface area contributed by atoms with Crippen LogP contribution in [-0.4, -0.2) is 63.3 Å². The lowest BCUT2D eigenvalue weighted by Gasteiger charge is -2.29. The zero-order valence-electron chi connectivity index (χ0n) is 18.5. The Balaban J connectivity index is 1.42. The molecule has 32 heavy (non-hydrogen) atoms. The summed E-state index contributed by atoms with van der Waals surface area (Å²) in [7, 11) is 4.09. The molecule has 1 saturated carbocycles. The Hall–Kier alpha value is -2.98. The summed E-state index contributed by atoms with van der Waals surface area (Å²) in [5.74, 6) is 1.31. The van der Waals surface area contributed by atoms with Crippen LogP contribution in [0.4, 0.5) is 17.5 Å². The Bertz CT molecular complexity index is 1070. The van der Waals surface area contributed by atoms with Crippen LogP contribution < -0.4 is 16.0 Å². The Morgan fingerprint density at radius 1 is 1.28 bits per heavy atom. The molecule has 4 rings (SSSR count). The lowest BCUT2D eigenvalue weighted by Crippen LogP contribution is -2.39. The SMILES string of the molecule is C=CC(=O)NC1CCC(Nc2nc(Nc3cnn(CCN(C)C)c3)nc3ccsc23)CC1. The predicted molar refractivity (Wildman–Crippen MR) is 129 cm³/mol. The number of carbonyl (C=O) groups is 1. The number of carbonyl (C=O) groups excluding carboxylic acids is 1. The van der Waals surface area contributed by atoms with Gasteiger partial charge >= 0.3 is 0 Å². The van der Waals surface area contributed by atoms with Gasteiger partial charge in [-0.25, -0.2) is 4.98 Å². The molecule has 0 atom stereocenters. The standard InChI is InChI=1S/C22H30N8OS/c1-4-19(31)24-15-5-7-16(8-6-15)25-21-20-18(9-12-32-20)27-22(28-21)26-17-13-23-30(14-17)11-10-29(2)3/h4,9,12-16H,1,5-8,10-11H2,2-3H3,(H,24,31)(H2,25,26,27,28). The number of hydrogen-bond acceptors (Lipinski definition) is 8. The van der Waals surface area contributed by atoms with Gasteiger partial charge in [0, 0.05) is 24.8 Å². The maximum Gasteiger partial charge on any atom is 0.243 e. The molecule has 1 fully saturated rings. The van der Waals surface area contributed by atoms with Crippen LogP contribution in [0, 0.1) is 0 Å².